The van der Waals surface area contributed by atoms with Crippen LogP contribution in [0.1, 0.15) is 47.2 Å². The van der Waals surface area contributed by atoms with E-state index in [1.165, 1.54) is 0 Å². The Morgan fingerprint density at radius 2 is 2.00 bits per heavy atom. The molecule has 1 saturated heterocycles. The second kappa shape index (κ2) is 9.90. The van der Waals surface area contributed by atoms with Crippen molar-refractivity contribution in [2.75, 3.05) is 49.3 Å². The van der Waals surface area contributed by atoms with Gasteiger partial charge in [0.05, 0.1) is 24.1 Å². The standard InChI is InChI=1S/C26H30N6O2S/c1-26(9-10-26)21-19(4-3-11-32-12-14-35-15-13-32)20-22(27)30-24(31-23(20)29-21)25(33)28-18-7-5-17(6-8-18)16-34-2/h5-8H,9-16H2,1-2H3,(H,28,33)(H3,27,29,30,31). The van der Waals surface area contributed by atoms with Gasteiger partial charge >= 0.3 is 0 Å². The van der Waals surface area contributed by atoms with Gasteiger partial charge in [-0.3, -0.25) is 9.69 Å². The molecule has 0 unspecified atom stereocenters. The number of aromatic nitrogens is 3. The second-order valence-electron chi connectivity index (χ2n) is 9.37. The fraction of sp³-hybridized carbons (Fsp3) is 0.423. The number of ether oxygens (including phenoxy) is 1. The molecule has 1 amide bonds. The number of nitrogens with zero attached hydrogens (tertiary/aromatic N) is 3. The van der Waals surface area contributed by atoms with E-state index in [1.54, 1.807) is 7.11 Å². The van der Waals surface area contributed by atoms with Crippen LogP contribution in [0.15, 0.2) is 24.3 Å². The minimum atomic E-state index is -0.414. The van der Waals surface area contributed by atoms with E-state index >= 15 is 0 Å². The van der Waals surface area contributed by atoms with Gasteiger partial charge in [-0.25, -0.2) is 9.97 Å². The number of hydrogen-bond donors (Lipinski definition) is 3. The largest absolute Gasteiger partial charge is 0.383 e. The van der Waals surface area contributed by atoms with E-state index in [4.69, 9.17) is 10.5 Å². The lowest BCUT2D eigenvalue weighted by molar-refractivity contribution is 0.101. The molecule has 0 spiro atoms. The van der Waals surface area contributed by atoms with E-state index in [2.05, 4.69) is 43.9 Å². The zero-order valence-corrected chi connectivity index (χ0v) is 20.9. The van der Waals surface area contributed by atoms with E-state index in [0.29, 0.717) is 23.3 Å². The Labute approximate surface area is 209 Å². The maximum Gasteiger partial charge on any atom is 0.293 e. The number of carbonyl (C=O) groups is 1. The minimum absolute atomic E-state index is 0.0232. The lowest BCUT2D eigenvalue weighted by Crippen LogP contribution is -2.32. The number of H-pyrrole nitrogens is 1. The van der Waals surface area contributed by atoms with Crippen LogP contribution in [-0.2, 0) is 16.8 Å². The van der Waals surface area contributed by atoms with Crippen LogP contribution in [0.25, 0.3) is 11.0 Å². The molecule has 1 aromatic carbocycles. The van der Waals surface area contributed by atoms with Crippen LogP contribution < -0.4 is 11.1 Å². The molecule has 1 saturated carbocycles. The summed E-state index contributed by atoms with van der Waals surface area (Å²) in [7, 11) is 1.65. The molecule has 4 N–H and O–H groups in total. The molecule has 9 heteroatoms. The molecular formula is C26H30N6O2S. The van der Waals surface area contributed by atoms with Gasteiger partial charge in [-0.15, -0.1) is 0 Å². The molecule has 2 aromatic heterocycles. The van der Waals surface area contributed by atoms with Gasteiger partial charge in [-0.1, -0.05) is 30.9 Å². The number of anilines is 2. The van der Waals surface area contributed by atoms with E-state index in [9.17, 15) is 4.79 Å². The van der Waals surface area contributed by atoms with E-state index in [1.807, 2.05) is 36.0 Å². The topological polar surface area (TPSA) is 109 Å². The molecule has 0 bridgehead atoms. The quantitative estimate of drug-likeness (QED) is 0.455. The molecule has 2 fully saturated rings. The Kier molecular flexibility index (Phi) is 6.69. The lowest BCUT2D eigenvalue weighted by Gasteiger charge is -2.23. The average molecular weight is 491 g/mol. The van der Waals surface area contributed by atoms with Crippen LogP contribution in [-0.4, -0.2) is 64.0 Å². The zero-order valence-electron chi connectivity index (χ0n) is 20.1. The van der Waals surface area contributed by atoms with E-state index in [-0.39, 0.29) is 17.1 Å². The van der Waals surface area contributed by atoms with Crippen molar-refractivity contribution in [1.29, 1.82) is 0 Å². The van der Waals surface area contributed by atoms with Gasteiger partial charge < -0.3 is 20.8 Å². The van der Waals surface area contributed by atoms with E-state index in [0.717, 1.165) is 60.8 Å². The molecule has 1 aliphatic carbocycles. The number of amides is 1. The third-order valence-electron chi connectivity index (χ3n) is 6.63. The summed E-state index contributed by atoms with van der Waals surface area (Å²) in [6, 6.07) is 7.45. The Hall–Kier alpha value is -3.06. The SMILES string of the molecule is COCc1ccc(NC(=O)c2nc(N)c3c(C#CCN4CCSCC4)c(C4(C)CC4)[nH]c3n2)cc1. The van der Waals surface area contributed by atoms with E-state index < -0.39 is 5.91 Å². The minimum Gasteiger partial charge on any atom is -0.383 e. The van der Waals surface area contributed by atoms with Crippen molar-refractivity contribution in [2.45, 2.75) is 31.8 Å². The van der Waals surface area contributed by atoms with Crippen molar-refractivity contribution in [1.82, 2.24) is 19.9 Å². The van der Waals surface area contributed by atoms with Gasteiger partial charge in [0.2, 0.25) is 5.82 Å². The third kappa shape index (κ3) is 5.15. The Morgan fingerprint density at radius 3 is 2.69 bits per heavy atom. The van der Waals surface area contributed by atoms with Gasteiger partial charge in [-0.05, 0) is 30.5 Å². The van der Waals surface area contributed by atoms with Gasteiger partial charge in [0.15, 0.2) is 0 Å². The highest BCUT2D eigenvalue weighted by Gasteiger charge is 2.43. The molecule has 5 rings (SSSR count). The summed E-state index contributed by atoms with van der Waals surface area (Å²) in [6.07, 6.45) is 2.16. The number of thioether (sulfide) groups is 1. The summed E-state index contributed by atoms with van der Waals surface area (Å²) in [5, 5.41) is 3.55. The van der Waals surface area contributed by atoms with Crippen LogP contribution in [0.5, 0.6) is 0 Å². The summed E-state index contributed by atoms with van der Waals surface area (Å²) in [5.41, 5.74) is 10.6. The number of aromatic amines is 1. The molecular weight excluding hydrogens is 460 g/mol. The molecule has 0 atom stereocenters. The van der Waals surface area contributed by atoms with Crippen LogP contribution >= 0.6 is 11.8 Å². The highest BCUT2D eigenvalue weighted by molar-refractivity contribution is 7.99. The smallest absolute Gasteiger partial charge is 0.293 e. The summed E-state index contributed by atoms with van der Waals surface area (Å²) >= 11 is 1.99. The Bertz CT molecular complexity index is 1300. The van der Waals surface area contributed by atoms with Crippen molar-refractivity contribution in [3.63, 3.8) is 0 Å². The van der Waals surface area contributed by atoms with Gasteiger partial charge in [0.25, 0.3) is 5.91 Å². The Balaban J connectivity index is 1.42. The summed E-state index contributed by atoms with van der Waals surface area (Å²) in [5.74, 6) is 8.90. The number of carbonyl (C=O) groups excluding carboxylic acids is 1. The molecule has 3 heterocycles. The molecule has 35 heavy (non-hydrogen) atoms. The average Bonchev–Trinajstić information content (AvgIpc) is 3.49. The first kappa shape index (κ1) is 23.7. The summed E-state index contributed by atoms with van der Waals surface area (Å²) in [6.45, 7) is 5.59. The van der Waals surface area contributed by atoms with Crippen LogP contribution in [0.3, 0.4) is 0 Å². The first-order valence-electron chi connectivity index (χ1n) is 11.8. The number of nitrogens with one attached hydrogen (secondary N) is 2. The first-order valence-corrected chi connectivity index (χ1v) is 13.0. The molecule has 0 radical (unpaired) electrons. The maximum atomic E-state index is 12.9. The van der Waals surface area contributed by atoms with Gasteiger partial charge in [0.1, 0.15) is 11.5 Å². The number of rotatable bonds is 6. The molecule has 8 nitrogen and oxygen atoms in total. The van der Waals surface area contributed by atoms with Crippen molar-refractivity contribution < 1.29 is 9.53 Å². The van der Waals surface area contributed by atoms with Crippen molar-refractivity contribution in [2.24, 2.45) is 0 Å². The molecule has 3 aromatic rings. The fourth-order valence-electron chi connectivity index (χ4n) is 4.27. The summed E-state index contributed by atoms with van der Waals surface area (Å²) in [4.78, 5) is 27.6. The lowest BCUT2D eigenvalue weighted by atomic mass is 10.00. The number of benzene rings is 1. The monoisotopic (exact) mass is 490 g/mol. The Morgan fingerprint density at radius 1 is 1.26 bits per heavy atom. The van der Waals surface area contributed by atoms with Crippen molar-refractivity contribution >= 4 is 40.2 Å². The van der Waals surface area contributed by atoms with Crippen molar-refractivity contribution in [3.05, 3.63) is 46.9 Å². The highest BCUT2D eigenvalue weighted by Crippen LogP contribution is 2.49. The molecule has 1 aliphatic heterocycles. The van der Waals surface area contributed by atoms with Gasteiger partial charge in [0, 0.05) is 48.5 Å². The van der Waals surface area contributed by atoms with Crippen molar-refractivity contribution in [3.8, 4) is 11.8 Å². The predicted octanol–water partition coefficient (Wildman–Crippen LogP) is 3.39. The first-order chi connectivity index (χ1) is 17.0. The maximum absolute atomic E-state index is 12.9. The predicted molar refractivity (Wildman–Crippen MR) is 141 cm³/mol. The number of fused-ring (bicyclic) bond motifs is 1. The zero-order chi connectivity index (χ0) is 24.4. The van der Waals surface area contributed by atoms with Crippen LogP contribution in [0.4, 0.5) is 11.5 Å². The highest BCUT2D eigenvalue weighted by atomic mass is 32.2. The third-order valence-corrected chi connectivity index (χ3v) is 7.57. The summed E-state index contributed by atoms with van der Waals surface area (Å²) < 4.78 is 5.13. The number of nitrogens with two attached hydrogens (primary N) is 1. The molecule has 182 valence electrons. The van der Waals surface area contributed by atoms with Crippen LogP contribution in [0, 0.1) is 11.8 Å². The van der Waals surface area contributed by atoms with Crippen LogP contribution in [0.2, 0.25) is 0 Å². The molecule has 2 aliphatic rings. The number of methoxy groups -OCH3 is 1. The normalized spacial score (nSPS) is 17.1. The number of nitrogen functional groups attached to an aromatic ring is 1. The second-order valence-corrected chi connectivity index (χ2v) is 10.6. The fourth-order valence-corrected chi connectivity index (χ4v) is 5.25. The van der Waals surface area contributed by atoms with Gasteiger partial charge in [-0.2, -0.15) is 11.8 Å². The number of hydrogen-bond acceptors (Lipinski definition) is 7.